The molecule has 0 spiro atoms. The fourth-order valence-electron chi connectivity index (χ4n) is 3.11. The predicted octanol–water partition coefficient (Wildman–Crippen LogP) is 3.53. The lowest BCUT2D eigenvalue weighted by molar-refractivity contribution is -0.122. The summed E-state index contributed by atoms with van der Waals surface area (Å²) in [5, 5.41) is 3.39. The minimum Gasteiger partial charge on any atom is -0.307 e. The molecule has 0 saturated carbocycles. The molecule has 0 aromatic heterocycles. The Hall–Kier alpha value is -1.93. The van der Waals surface area contributed by atoms with Crippen LogP contribution in [-0.4, -0.2) is 18.4 Å². The normalized spacial score (nSPS) is 18.6. The zero-order chi connectivity index (χ0) is 14.5. The standard InChI is InChI=1S/C19H21NO/c21-19(17-13-7-8-14-20-17)18(15-9-3-1-4-10-15)16-11-5-2-6-12-16/h1-6,9-12,17-18,20H,7-8,13-14H2. The van der Waals surface area contributed by atoms with Crippen molar-refractivity contribution < 1.29 is 4.79 Å². The van der Waals surface area contributed by atoms with Gasteiger partial charge in [0, 0.05) is 0 Å². The Morgan fingerprint density at radius 3 is 1.95 bits per heavy atom. The van der Waals surface area contributed by atoms with Gasteiger partial charge >= 0.3 is 0 Å². The highest BCUT2D eigenvalue weighted by molar-refractivity contribution is 5.93. The van der Waals surface area contributed by atoms with E-state index in [0.717, 1.165) is 30.5 Å². The molecule has 1 N–H and O–H groups in total. The SMILES string of the molecule is O=C(C1CCCCN1)C(c1ccccc1)c1ccccc1. The van der Waals surface area contributed by atoms with Crippen LogP contribution >= 0.6 is 0 Å². The summed E-state index contributed by atoms with van der Waals surface area (Å²) >= 11 is 0. The molecular formula is C19H21NO. The van der Waals surface area contributed by atoms with Gasteiger partial charge in [-0.3, -0.25) is 4.79 Å². The van der Waals surface area contributed by atoms with Crippen molar-refractivity contribution in [3.05, 3.63) is 71.8 Å². The van der Waals surface area contributed by atoms with Crippen LogP contribution in [-0.2, 0) is 4.79 Å². The van der Waals surface area contributed by atoms with Gasteiger partial charge < -0.3 is 5.32 Å². The van der Waals surface area contributed by atoms with Gasteiger partial charge in [0.2, 0.25) is 0 Å². The Balaban J connectivity index is 1.94. The van der Waals surface area contributed by atoms with Crippen molar-refractivity contribution in [3.63, 3.8) is 0 Å². The van der Waals surface area contributed by atoms with Crippen LogP contribution in [0.15, 0.2) is 60.7 Å². The number of carbonyl (C=O) groups excluding carboxylic acids is 1. The molecule has 1 fully saturated rings. The smallest absolute Gasteiger partial charge is 0.161 e. The molecule has 108 valence electrons. The number of piperidine rings is 1. The first-order valence-corrected chi connectivity index (χ1v) is 7.73. The van der Waals surface area contributed by atoms with Gasteiger partial charge in [-0.25, -0.2) is 0 Å². The maximum Gasteiger partial charge on any atom is 0.161 e. The molecule has 2 heteroatoms. The Labute approximate surface area is 126 Å². The summed E-state index contributed by atoms with van der Waals surface area (Å²) in [5.41, 5.74) is 2.17. The zero-order valence-corrected chi connectivity index (χ0v) is 12.2. The number of Topliss-reactive ketones (excluding diaryl/α,β-unsaturated/α-hetero) is 1. The third-order valence-electron chi connectivity index (χ3n) is 4.20. The van der Waals surface area contributed by atoms with Crippen LogP contribution in [0.25, 0.3) is 0 Å². The van der Waals surface area contributed by atoms with Gasteiger partial charge in [-0.15, -0.1) is 0 Å². The fourth-order valence-corrected chi connectivity index (χ4v) is 3.11. The summed E-state index contributed by atoms with van der Waals surface area (Å²) in [7, 11) is 0. The van der Waals surface area contributed by atoms with E-state index >= 15 is 0 Å². The highest BCUT2D eigenvalue weighted by atomic mass is 16.1. The lowest BCUT2D eigenvalue weighted by Crippen LogP contribution is -2.43. The van der Waals surface area contributed by atoms with Gasteiger partial charge in [0.25, 0.3) is 0 Å². The van der Waals surface area contributed by atoms with Gasteiger partial charge in [0.15, 0.2) is 5.78 Å². The van der Waals surface area contributed by atoms with E-state index in [1.54, 1.807) is 0 Å². The van der Waals surface area contributed by atoms with Crippen LogP contribution in [0.2, 0.25) is 0 Å². The Bertz CT molecular complexity index is 534. The maximum absolute atomic E-state index is 13.0. The Morgan fingerprint density at radius 2 is 1.48 bits per heavy atom. The molecule has 3 rings (SSSR count). The third kappa shape index (κ3) is 3.22. The van der Waals surface area contributed by atoms with E-state index in [4.69, 9.17) is 0 Å². The second-order valence-electron chi connectivity index (χ2n) is 5.66. The van der Waals surface area contributed by atoms with E-state index in [1.807, 2.05) is 36.4 Å². The van der Waals surface area contributed by atoms with E-state index in [-0.39, 0.29) is 12.0 Å². The predicted molar refractivity (Wildman–Crippen MR) is 85.4 cm³/mol. The summed E-state index contributed by atoms with van der Waals surface area (Å²) in [4.78, 5) is 13.0. The summed E-state index contributed by atoms with van der Waals surface area (Å²) in [5.74, 6) is 0.134. The molecule has 1 unspecified atom stereocenters. The van der Waals surface area contributed by atoms with Crippen molar-refractivity contribution in [2.75, 3.05) is 6.54 Å². The van der Waals surface area contributed by atoms with E-state index < -0.39 is 0 Å². The van der Waals surface area contributed by atoms with Crippen LogP contribution in [0.5, 0.6) is 0 Å². The van der Waals surface area contributed by atoms with Gasteiger partial charge in [0.1, 0.15) is 0 Å². The fraction of sp³-hybridized carbons (Fsp3) is 0.316. The molecule has 0 radical (unpaired) electrons. The maximum atomic E-state index is 13.0. The highest BCUT2D eigenvalue weighted by Crippen LogP contribution is 2.28. The van der Waals surface area contributed by atoms with Crippen molar-refractivity contribution in [2.45, 2.75) is 31.2 Å². The van der Waals surface area contributed by atoms with E-state index in [9.17, 15) is 4.79 Å². The van der Waals surface area contributed by atoms with Crippen molar-refractivity contribution in [3.8, 4) is 0 Å². The van der Waals surface area contributed by atoms with Crippen LogP contribution in [0, 0.1) is 0 Å². The second-order valence-corrected chi connectivity index (χ2v) is 5.66. The molecule has 2 nitrogen and oxygen atoms in total. The summed E-state index contributed by atoms with van der Waals surface area (Å²) in [6, 6.07) is 20.2. The largest absolute Gasteiger partial charge is 0.307 e. The van der Waals surface area contributed by atoms with E-state index in [2.05, 4.69) is 29.6 Å². The number of ketones is 1. The molecule has 2 aromatic rings. The summed E-state index contributed by atoms with van der Waals surface area (Å²) in [6.07, 6.45) is 3.26. The van der Waals surface area contributed by atoms with Crippen molar-refractivity contribution in [1.29, 1.82) is 0 Å². The Morgan fingerprint density at radius 1 is 0.905 bits per heavy atom. The lowest BCUT2D eigenvalue weighted by atomic mass is 9.83. The summed E-state index contributed by atoms with van der Waals surface area (Å²) < 4.78 is 0. The quantitative estimate of drug-likeness (QED) is 0.927. The first kappa shape index (κ1) is 14.0. The van der Waals surface area contributed by atoms with Gasteiger partial charge in [-0.1, -0.05) is 67.1 Å². The molecule has 0 aliphatic carbocycles. The van der Waals surface area contributed by atoms with Gasteiger partial charge in [-0.2, -0.15) is 0 Å². The van der Waals surface area contributed by atoms with Crippen LogP contribution in [0.4, 0.5) is 0 Å². The van der Waals surface area contributed by atoms with Crippen molar-refractivity contribution in [2.24, 2.45) is 0 Å². The zero-order valence-electron chi connectivity index (χ0n) is 12.2. The number of rotatable bonds is 4. The minimum atomic E-state index is -0.164. The third-order valence-corrected chi connectivity index (χ3v) is 4.20. The minimum absolute atomic E-state index is 0.0100. The first-order valence-electron chi connectivity index (χ1n) is 7.73. The molecule has 1 aliphatic heterocycles. The first-order chi connectivity index (χ1) is 10.4. The van der Waals surface area contributed by atoms with E-state index in [1.165, 1.54) is 6.42 Å². The summed E-state index contributed by atoms with van der Waals surface area (Å²) in [6.45, 7) is 0.951. The molecule has 2 aromatic carbocycles. The van der Waals surface area contributed by atoms with E-state index in [0.29, 0.717) is 5.78 Å². The molecule has 1 heterocycles. The number of benzene rings is 2. The van der Waals surface area contributed by atoms with Crippen LogP contribution in [0.1, 0.15) is 36.3 Å². The number of hydrogen-bond acceptors (Lipinski definition) is 2. The topological polar surface area (TPSA) is 29.1 Å². The van der Waals surface area contributed by atoms with Crippen molar-refractivity contribution >= 4 is 5.78 Å². The van der Waals surface area contributed by atoms with Crippen LogP contribution in [0.3, 0.4) is 0 Å². The molecule has 1 aliphatic rings. The van der Waals surface area contributed by atoms with Gasteiger partial charge in [0.05, 0.1) is 12.0 Å². The molecule has 1 saturated heterocycles. The highest BCUT2D eigenvalue weighted by Gasteiger charge is 2.30. The molecule has 1 atom stereocenters. The van der Waals surface area contributed by atoms with Crippen LogP contribution < -0.4 is 5.32 Å². The second kappa shape index (κ2) is 6.68. The van der Waals surface area contributed by atoms with Crippen molar-refractivity contribution in [1.82, 2.24) is 5.32 Å². The number of nitrogens with one attached hydrogen (secondary N) is 1. The number of carbonyl (C=O) groups is 1. The average molecular weight is 279 g/mol. The number of hydrogen-bond donors (Lipinski definition) is 1. The average Bonchev–Trinajstić information content (AvgIpc) is 2.58. The molecular weight excluding hydrogens is 258 g/mol. The molecule has 0 bridgehead atoms. The lowest BCUT2D eigenvalue weighted by Gasteiger charge is -2.27. The molecule has 21 heavy (non-hydrogen) atoms. The monoisotopic (exact) mass is 279 g/mol. The Kier molecular flexibility index (Phi) is 4.46. The van der Waals surface area contributed by atoms with Gasteiger partial charge in [-0.05, 0) is 30.5 Å². The molecule has 0 amide bonds.